The molecule has 6 aliphatic rings. The molecule has 1 N–H and O–H groups in total. The number of hydrogen-bond donors (Lipinski definition) is 1. The van der Waals surface area contributed by atoms with Crippen LogP contribution in [0.4, 0.5) is 0 Å². The molecule has 21 heavy (non-hydrogen) atoms. The van der Waals surface area contributed by atoms with E-state index in [0.717, 1.165) is 23.3 Å². The molecular formula is C19H21NO. The summed E-state index contributed by atoms with van der Waals surface area (Å²) in [6.45, 7) is 2.34. The summed E-state index contributed by atoms with van der Waals surface area (Å²) in [6.07, 6.45) is 5.35. The Labute approximate surface area is 125 Å². The van der Waals surface area contributed by atoms with Gasteiger partial charge in [-0.05, 0) is 73.0 Å². The first-order valence-electron chi connectivity index (χ1n) is 8.32. The average molecular weight is 279 g/mol. The fourth-order valence-corrected chi connectivity index (χ4v) is 7.01. The van der Waals surface area contributed by atoms with Crippen LogP contribution in [0.15, 0.2) is 24.3 Å². The third-order valence-corrected chi connectivity index (χ3v) is 7.75. The normalized spacial score (nSPS) is 52.3. The van der Waals surface area contributed by atoms with Crippen molar-refractivity contribution in [1.82, 2.24) is 0 Å². The first kappa shape index (κ1) is 12.2. The van der Waals surface area contributed by atoms with Crippen molar-refractivity contribution >= 4 is 0 Å². The van der Waals surface area contributed by atoms with E-state index in [0.29, 0.717) is 17.4 Å². The molecule has 0 saturated heterocycles. The highest BCUT2D eigenvalue weighted by Gasteiger charge is 2.79. The lowest BCUT2D eigenvalue weighted by atomic mass is 9.26. The Morgan fingerprint density at radius 1 is 1.14 bits per heavy atom. The van der Waals surface area contributed by atoms with Gasteiger partial charge in [-0.1, -0.05) is 19.1 Å². The van der Waals surface area contributed by atoms with Gasteiger partial charge < -0.3 is 5.11 Å². The van der Waals surface area contributed by atoms with Crippen LogP contribution in [0, 0.1) is 46.3 Å². The van der Waals surface area contributed by atoms with Crippen LogP contribution in [0.2, 0.25) is 0 Å². The molecule has 1 aromatic carbocycles. The number of nitrogens with zero attached hydrogens (tertiary/aromatic N) is 1. The minimum absolute atomic E-state index is 0.0687. The molecule has 0 aliphatic heterocycles. The first-order chi connectivity index (χ1) is 10.1. The number of hydrogen-bond acceptors (Lipinski definition) is 2. The number of benzene rings is 1. The van der Waals surface area contributed by atoms with Crippen molar-refractivity contribution < 1.29 is 5.11 Å². The van der Waals surface area contributed by atoms with Gasteiger partial charge in [0.15, 0.2) is 0 Å². The van der Waals surface area contributed by atoms with E-state index in [1.54, 1.807) is 0 Å². The van der Waals surface area contributed by atoms with Crippen molar-refractivity contribution in [3.8, 4) is 6.07 Å². The molecule has 0 radical (unpaired) electrons. The lowest BCUT2D eigenvalue weighted by molar-refractivity contribution is -0.372. The molecule has 0 spiro atoms. The van der Waals surface area contributed by atoms with Gasteiger partial charge in [0.1, 0.15) is 0 Å². The summed E-state index contributed by atoms with van der Waals surface area (Å²) < 4.78 is 0. The van der Waals surface area contributed by atoms with Gasteiger partial charge in [0.25, 0.3) is 0 Å². The lowest BCUT2D eigenvalue weighted by Crippen LogP contribution is -2.78. The minimum atomic E-state index is -0.648. The molecule has 0 heterocycles. The van der Waals surface area contributed by atoms with Crippen molar-refractivity contribution in [2.75, 3.05) is 0 Å². The van der Waals surface area contributed by atoms with E-state index >= 15 is 0 Å². The van der Waals surface area contributed by atoms with Gasteiger partial charge in [-0.3, -0.25) is 0 Å². The van der Waals surface area contributed by atoms with Gasteiger partial charge in [0.05, 0.1) is 17.2 Å². The molecule has 6 fully saturated rings. The summed E-state index contributed by atoms with van der Waals surface area (Å²) in [4.78, 5) is 0. The second kappa shape index (κ2) is 3.52. The highest BCUT2D eigenvalue weighted by Crippen LogP contribution is 2.81. The van der Waals surface area contributed by atoms with Crippen LogP contribution in [-0.2, 0) is 5.60 Å². The van der Waals surface area contributed by atoms with Crippen LogP contribution < -0.4 is 0 Å². The highest BCUT2D eigenvalue weighted by atomic mass is 16.3. The standard InChI is InChI=1S/C19H21NO/c1-18-15-7-12-6-13(9-15)17(16(18)8-12)19(18,21)14-4-2-11(10-20)3-5-14/h2-5,12-13,15-17,21H,6-9H2,1H3/t12-,13+,15-,16+,17?,18?,19+/m0/s1. The van der Waals surface area contributed by atoms with Gasteiger partial charge in [0, 0.05) is 5.41 Å². The maximum atomic E-state index is 11.7. The topological polar surface area (TPSA) is 44.0 Å². The van der Waals surface area contributed by atoms with Crippen molar-refractivity contribution in [3.63, 3.8) is 0 Å². The van der Waals surface area contributed by atoms with Gasteiger partial charge in [-0.2, -0.15) is 5.26 Å². The largest absolute Gasteiger partial charge is 0.384 e. The predicted molar refractivity (Wildman–Crippen MR) is 79.1 cm³/mol. The third kappa shape index (κ3) is 1.13. The molecule has 7 rings (SSSR count). The number of rotatable bonds is 1. The summed E-state index contributed by atoms with van der Waals surface area (Å²) in [5.74, 6) is 3.56. The van der Waals surface area contributed by atoms with E-state index in [9.17, 15) is 5.11 Å². The number of nitriles is 1. The lowest BCUT2D eigenvalue weighted by Gasteiger charge is -2.79. The van der Waals surface area contributed by atoms with Crippen LogP contribution in [0.1, 0.15) is 43.7 Å². The van der Waals surface area contributed by atoms with Gasteiger partial charge >= 0.3 is 0 Å². The summed E-state index contributed by atoms with van der Waals surface area (Å²) in [5, 5.41) is 20.7. The Morgan fingerprint density at radius 2 is 1.90 bits per heavy atom. The van der Waals surface area contributed by atoms with E-state index in [1.807, 2.05) is 24.3 Å². The molecule has 6 saturated carbocycles. The van der Waals surface area contributed by atoms with Crippen LogP contribution in [0.5, 0.6) is 0 Å². The number of aliphatic hydroxyl groups is 1. The van der Waals surface area contributed by atoms with Crippen molar-refractivity contribution in [2.45, 2.75) is 38.2 Å². The molecule has 2 unspecified atom stereocenters. The molecule has 0 aromatic heterocycles. The summed E-state index contributed by atoms with van der Waals surface area (Å²) in [5.41, 5.74) is 1.16. The van der Waals surface area contributed by atoms with Crippen molar-refractivity contribution in [2.24, 2.45) is 35.0 Å². The molecule has 6 aliphatic carbocycles. The van der Waals surface area contributed by atoms with Gasteiger partial charge in [-0.25, -0.2) is 0 Å². The second-order valence-electron chi connectivity index (χ2n) is 8.14. The summed E-state index contributed by atoms with van der Waals surface area (Å²) in [6, 6.07) is 9.91. The van der Waals surface area contributed by atoms with Crippen LogP contribution in [0.25, 0.3) is 0 Å². The SMILES string of the molecule is CC12[C@H]3C[C@@H]4C[C@H](C3)C([C@H]1C4)[C@]2(O)c1ccc(C#N)cc1. The predicted octanol–water partition coefficient (Wildman–Crippen LogP) is 3.45. The van der Waals surface area contributed by atoms with Crippen LogP contribution >= 0.6 is 0 Å². The zero-order valence-electron chi connectivity index (χ0n) is 12.4. The van der Waals surface area contributed by atoms with E-state index in [2.05, 4.69) is 13.0 Å². The van der Waals surface area contributed by atoms with E-state index in [-0.39, 0.29) is 5.41 Å². The first-order valence-corrected chi connectivity index (χ1v) is 8.32. The minimum Gasteiger partial charge on any atom is -0.384 e. The fraction of sp³-hybridized carbons (Fsp3) is 0.632. The molecule has 1 aromatic rings. The maximum Gasteiger partial charge on any atom is 0.0991 e. The van der Waals surface area contributed by atoms with E-state index in [4.69, 9.17) is 5.26 Å². The van der Waals surface area contributed by atoms with E-state index in [1.165, 1.54) is 25.7 Å². The molecular weight excluding hydrogens is 258 g/mol. The molecule has 6 bridgehead atoms. The van der Waals surface area contributed by atoms with Crippen molar-refractivity contribution in [1.29, 1.82) is 5.26 Å². The Bertz CT molecular complexity index is 646. The smallest absolute Gasteiger partial charge is 0.0991 e. The third-order valence-electron chi connectivity index (χ3n) is 7.75. The van der Waals surface area contributed by atoms with Gasteiger partial charge in [-0.15, -0.1) is 0 Å². The quantitative estimate of drug-likeness (QED) is 0.855. The zero-order chi connectivity index (χ0) is 14.4. The Kier molecular flexibility index (Phi) is 2.05. The average Bonchev–Trinajstić information content (AvgIpc) is 2.51. The van der Waals surface area contributed by atoms with Crippen molar-refractivity contribution in [3.05, 3.63) is 35.4 Å². The Morgan fingerprint density at radius 3 is 2.57 bits per heavy atom. The van der Waals surface area contributed by atoms with Crippen LogP contribution in [-0.4, -0.2) is 5.11 Å². The van der Waals surface area contributed by atoms with Gasteiger partial charge in [0.2, 0.25) is 0 Å². The highest BCUT2D eigenvalue weighted by molar-refractivity contribution is 5.41. The Balaban J connectivity index is 1.64. The molecule has 108 valence electrons. The summed E-state index contributed by atoms with van der Waals surface area (Å²) >= 11 is 0. The zero-order valence-corrected chi connectivity index (χ0v) is 12.4. The Hall–Kier alpha value is -1.33. The molecule has 0 amide bonds. The van der Waals surface area contributed by atoms with Crippen LogP contribution in [0.3, 0.4) is 0 Å². The second-order valence-corrected chi connectivity index (χ2v) is 8.14. The maximum absolute atomic E-state index is 11.7. The molecule has 2 nitrogen and oxygen atoms in total. The van der Waals surface area contributed by atoms with E-state index < -0.39 is 5.60 Å². The monoisotopic (exact) mass is 279 g/mol. The molecule has 7 atom stereocenters. The fourth-order valence-electron chi connectivity index (χ4n) is 7.01. The molecule has 2 heteroatoms. The summed E-state index contributed by atoms with van der Waals surface area (Å²) in [7, 11) is 0.